The first-order valence-corrected chi connectivity index (χ1v) is 9.48. The first kappa shape index (κ1) is 18.0. The zero-order valence-corrected chi connectivity index (χ0v) is 15.8. The molecule has 0 bridgehead atoms. The molecule has 3 aromatic rings. The van der Waals surface area contributed by atoms with Gasteiger partial charge in [0.1, 0.15) is 11.4 Å². The van der Waals surface area contributed by atoms with Crippen LogP contribution >= 0.6 is 0 Å². The van der Waals surface area contributed by atoms with Gasteiger partial charge in [-0.2, -0.15) is 0 Å². The second-order valence-electron chi connectivity index (χ2n) is 6.74. The normalized spacial score (nSPS) is 12.7. The zero-order chi connectivity index (χ0) is 19.5. The van der Waals surface area contributed by atoms with E-state index in [2.05, 4.69) is 4.90 Å². The minimum Gasteiger partial charge on any atom is -0.462 e. The third-order valence-corrected chi connectivity index (χ3v) is 4.96. The minimum absolute atomic E-state index is 0.0996. The fourth-order valence-corrected chi connectivity index (χ4v) is 3.71. The number of hydrogen-bond donors (Lipinski definition) is 0. The molecular weight excluding hydrogens is 352 g/mol. The maximum atomic E-state index is 12.9. The van der Waals surface area contributed by atoms with Crippen molar-refractivity contribution in [1.29, 1.82) is 0 Å². The van der Waals surface area contributed by atoms with Gasteiger partial charge < -0.3 is 9.64 Å². The molecule has 1 aliphatic heterocycles. The van der Waals surface area contributed by atoms with Gasteiger partial charge in [-0.05, 0) is 18.1 Å². The van der Waals surface area contributed by atoms with Crippen LogP contribution in [-0.2, 0) is 17.8 Å². The number of rotatable bonds is 5. The maximum Gasteiger partial charge on any atom is 0.342 e. The molecule has 28 heavy (non-hydrogen) atoms. The Bertz CT molecular complexity index is 1040. The Hall–Kier alpha value is -3.34. The average Bonchev–Trinajstić information content (AvgIpc) is 3.13. The number of carbonyl (C=O) groups excluding carboxylic acids is 1. The van der Waals surface area contributed by atoms with Crippen LogP contribution in [0.25, 0.3) is 11.1 Å². The summed E-state index contributed by atoms with van der Waals surface area (Å²) in [4.78, 5) is 27.9. The highest BCUT2D eigenvalue weighted by atomic mass is 16.5. The summed E-state index contributed by atoms with van der Waals surface area (Å²) in [5.41, 5.74) is 2.94. The lowest BCUT2D eigenvalue weighted by Crippen LogP contribution is -2.25. The topological polar surface area (TPSA) is 51.5 Å². The molecule has 0 saturated heterocycles. The molecule has 5 nitrogen and oxygen atoms in total. The van der Waals surface area contributed by atoms with Gasteiger partial charge in [-0.15, -0.1) is 0 Å². The molecule has 2 aromatic carbocycles. The first-order chi connectivity index (χ1) is 13.7. The van der Waals surface area contributed by atoms with Crippen molar-refractivity contribution >= 4 is 11.8 Å². The van der Waals surface area contributed by atoms with Crippen molar-refractivity contribution in [1.82, 2.24) is 4.57 Å². The molecule has 0 N–H and O–H groups in total. The molecule has 5 heteroatoms. The van der Waals surface area contributed by atoms with E-state index in [-0.39, 0.29) is 12.2 Å². The number of nitrogens with zero attached hydrogens (tertiary/aromatic N) is 2. The number of hydrogen-bond acceptors (Lipinski definition) is 4. The van der Waals surface area contributed by atoms with Crippen LogP contribution in [0.1, 0.15) is 22.8 Å². The predicted molar refractivity (Wildman–Crippen MR) is 110 cm³/mol. The zero-order valence-electron chi connectivity index (χ0n) is 15.8. The fraction of sp³-hybridized carbons (Fsp3) is 0.217. The lowest BCUT2D eigenvalue weighted by molar-refractivity contribution is 0.0527. The fourth-order valence-electron chi connectivity index (χ4n) is 3.71. The number of anilines is 1. The van der Waals surface area contributed by atoms with E-state index in [1.165, 1.54) is 0 Å². The van der Waals surface area contributed by atoms with Crippen molar-refractivity contribution in [2.24, 2.45) is 0 Å². The second-order valence-corrected chi connectivity index (χ2v) is 6.74. The second kappa shape index (κ2) is 7.72. The summed E-state index contributed by atoms with van der Waals surface area (Å²) in [5, 5.41) is 0. The quantitative estimate of drug-likeness (QED) is 0.639. The van der Waals surface area contributed by atoms with Crippen LogP contribution in [-0.4, -0.2) is 23.7 Å². The highest BCUT2D eigenvalue weighted by molar-refractivity contribution is 6.02. The Morgan fingerprint density at radius 2 is 1.68 bits per heavy atom. The Kier molecular flexibility index (Phi) is 4.98. The third kappa shape index (κ3) is 3.31. The molecule has 0 unspecified atom stereocenters. The Labute approximate surface area is 163 Å². The Balaban J connectivity index is 1.89. The minimum atomic E-state index is -0.398. The number of ether oxygens (including phenoxy) is 1. The Morgan fingerprint density at radius 3 is 2.36 bits per heavy atom. The molecule has 1 aromatic heterocycles. The van der Waals surface area contributed by atoms with Gasteiger partial charge in [-0.3, -0.25) is 9.36 Å². The largest absolute Gasteiger partial charge is 0.462 e. The Morgan fingerprint density at radius 1 is 1.00 bits per heavy atom. The van der Waals surface area contributed by atoms with Gasteiger partial charge in [-0.1, -0.05) is 60.7 Å². The van der Waals surface area contributed by atoms with E-state index in [1.54, 1.807) is 17.6 Å². The molecule has 0 fully saturated rings. The standard InChI is InChI=1S/C23H22N2O3/c1-2-28-23(27)21-19(18-11-7-4-8-12-18)15-20(26)25-14-13-24(22(21)25)16-17-9-5-3-6-10-17/h3-12,15H,2,13-14,16H2,1H3. The summed E-state index contributed by atoms with van der Waals surface area (Å²) in [6, 6.07) is 21.1. The van der Waals surface area contributed by atoms with Crippen molar-refractivity contribution in [2.45, 2.75) is 20.0 Å². The van der Waals surface area contributed by atoms with E-state index in [1.807, 2.05) is 60.7 Å². The molecule has 0 amide bonds. The third-order valence-electron chi connectivity index (χ3n) is 4.96. The smallest absolute Gasteiger partial charge is 0.342 e. The molecule has 1 aliphatic rings. The van der Waals surface area contributed by atoms with E-state index < -0.39 is 5.97 Å². The first-order valence-electron chi connectivity index (χ1n) is 9.48. The van der Waals surface area contributed by atoms with E-state index in [9.17, 15) is 9.59 Å². The summed E-state index contributed by atoms with van der Waals surface area (Å²) < 4.78 is 7.05. The van der Waals surface area contributed by atoms with Crippen LogP contribution < -0.4 is 10.5 Å². The molecular formula is C23H22N2O3. The molecule has 0 aliphatic carbocycles. The van der Waals surface area contributed by atoms with Gasteiger partial charge in [0.2, 0.25) is 0 Å². The number of carbonyl (C=O) groups is 1. The van der Waals surface area contributed by atoms with Crippen molar-refractivity contribution < 1.29 is 9.53 Å². The van der Waals surface area contributed by atoms with Gasteiger partial charge in [0.15, 0.2) is 0 Å². The summed E-state index contributed by atoms with van der Waals surface area (Å²) in [6.45, 7) is 3.93. The van der Waals surface area contributed by atoms with Gasteiger partial charge in [0.25, 0.3) is 5.56 Å². The van der Waals surface area contributed by atoms with Crippen LogP contribution in [0.2, 0.25) is 0 Å². The van der Waals surface area contributed by atoms with Crippen molar-refractivity contribution in [3.05, 3.63) is 88.2 Å². The lowest BCUT2D eigenvalue weighted by atomic mass is 10.00. The SMILES string of the molecule is CCOC(=O)c1c(-c2ccccc2)cc(=O)n2c1N(Cc1ccccc1)CC2. The number of esters is 1. The number of pyridine rings is 1. The molecule has 0 spiro atoms. The highest BCUT2D eigenvalue weighted by Crippen LogP contribution is 2.34. The highest BCUT2D eigenvalue weighted by Gasteiger charge is 2.30. The predicted octanol–water partition coefficient (Wildman–Crippen LogP) is 3.71. The maximum absolute atomic E-state index is 12.9. The summed E-state index contributed by atoms with van der Waals surface area (Å²) in [6.07, 6.45) is 0. The van der Waals surface area contributed by atoms with E-state index in [0.29, 0.717) is 36.6 Å². The van der Waals surface area contributed by atoms with Gasteiger partial charge in [-0.25, -0.2) is 4.79 Å². The van der Waals surface area contributed by atoms with Crippen LogP contribution in [0.3, 0.4) is 0 Å². The monoisotopic (exact) mass is 374 g/mol. The van der Waals surface area contributed by atoms with Crippen LogP contribution in [0, 0.1) is 0 Å². The van der Waals surface area contributed by atoms with Crippen molar-refractivity contribution in [3.63, 3.8) is 0 Å². The van der Waals surface area contributed by atoms with Gasteiger partial charge >= 0.3 is 5.97 Å². The molecule has 142 valence electrons. The van der Waals surface area contributed by atoms with Gasteiger partial charge in [0.05, 0.1) is 6.61 Å². The summed E-state index contributed by atoms with van der Waals surface area (Å²) in [5.74, 6) is 0.249. The van der Waals surface area contributed by atoms with E-state index >= 15 is 0 Å². The average molecular weight is 374 g/mol. The number of fused-ring (bicyclic) bond motifs is 1. The summed E-state index contributed by atoms with van der Waals surface area (Å²) >= 11 is 0. The molecule has 0 atom stereocenters. The molecule has 2 heterocycles. The van der Waals surface area contributed by atoms with Crippen molar-refractivity contribution in [2.75, 3.05) is 18.1 Å². The lowest BCUT2D eigenvalue weighted by Gasteiger charge is -2.22. The molecule has 0 saturated carbocycles. The van der Waals surface area contributed by atoms with E-state index in [4.69, 9.17) is 4.74 Å². The molecule has 0 radical (unpaired) electrons. The summed E-state index contributed by atoms with van der Waals surface area (Å²) in [7, 11) is 0. The van der Waals surface area contributed by atoms with Crippen LogP contribution in [0.5, 0.6) is 0 Å². The van der Waals surface area contributed by atoms with Crippen LogP contribution in [0.15, 0.2) is 71.5 Å². The number of benzene rings is 2. The number of aromatic nitrogens is 1. The van der Waals surface area contributed by atoms with E-state index in [0.717, 1.165) is 11.1 Å². The van der Waals surface area contributed by atoms with Crippen LogP contribution in [0.4, 0.5) is 5.82 Å². The van der Waals surface area contributed by atoms with Crippen molar-refractivity contribution in [3.8, 4) is 11.1 Å². The molecule has 4 rings (SSSR count). The van der Waals surface area contributed by atoms with Gasteiger partial charge in [0, 0.05) is 31.3 Å².